The molecule has 1 fully saturated rings. The Labute approximate surface area is 229 Å². The molecule has 10 heteroatoms. The maximum absolute atomic E-state index is 15.8. The number of hydrogen-bond donors (Lipinski definition) is 1. The minimum atomic E-state index is -1.48. The molecular weight excluding hydrogens is 532 g/mol. The smallest absolute Gasteiger partial charge is 0.303 e. The highest BCUT2D eigenvalue weighted by atomic mass is 32.2. The molecule has 1 aromatic heterocycles. The third kappa shape index (κ3) is 7.03. The number of fused-ring (bicyclic) bond motifs is 1. The Morgan fingerprint density at radius 3 is 2.51 bits per heavy atom. The van der Waals surface area contributed by atoms with Crippen LogP contribution in [-0.4, -0.2) is 53.5 Å². The molecule has 5 nitrogen and oxygen atoms in total. The maximum Gasteiger partial charge on any atom is 0.303 e. The number of alkyl halides is 1. The van der Waals surface area contributed by atoms with E-state index in [1.165, 1.54) is 11.8 Å². The summed E-state index contributed by atoms with van der Waals surface area (Å²) in [7, 11) is 1.56. The molecule has 0 aliphatic carbocycles. The molecule has 39 heavy (non-hydrogen) atoms. The second-order valence-corrected chi connectivity index (χ2v) is 11.4. The lowest BCUT2D eigenvalue weighted by Crippen LogP contribution is -2.42. The highest BCUT2D eigenvalue weighted by molar-refractivity contribution is 7.99. The second-order valence-electron chi connectivity index (χ2n) is 10.2. The van der Waals surface area contributed by atoms with Gasteiger partial charge in [-0.15, -0.1) is 11.8 Å². The zero-order valence-corrected chi connectivity index (χ0v) is 22.8. The summed E-state index contributed by atoms with van der Waals surface area (Å²) in [5, 5.41) is 10.3. The standard InChI is InChI=1S/C29H32F4N2O3S/c1-18-17-34-25-4-3-19(38-2)13-21(25)27(18)22(30)5-6-29(16-26(36)37)7-9-35(10-8-29)11-12-39-20-14-23(31)28(33)24(32)15-20/h3-4,13-15,17,22H,5-12,16H2,1-2H3,(H,36,37). The number of nitrogens with zero attached hydrogens (tertiary/aromatic N) is 2. The molecule has 1 saturated heterocycles. The lowest BCUT2D eigenvalue weighted by Gasteiger charge is -2.41. The number of carboxylic acids is 1. The summed E-state index contributed by atoms with van der Waals surface area (Å²) in [5.41, 5.74) is 1.46. The van der Waals surface area contributed by atoms with E-state index >= 15 is 4.39 Å². The van der Waals surface area contributed by atoms with Crippen LogP contribution >= 0.6 is 11.8 Å². The average molecular weight is 565 g/mol. The van der Waals surface area contributed by atoms with E-state index in [2.05, 4.69) is 9.88 Å². The molecule has 0 saturated carbocycles. The van der Waals surface area contributed by atoms with Gasteiger partial charge in [0.25, 0.3) is 0 Å². The SMILES string of the molecule is COc1ccc2ncc(C)c(C(F)CCC3(CC(=O)O)CCN(CCSc4cc(F)c(F)c(F)c4)CC3)c2c1. The van der Waals surface area contributed by atoms with Crippen LogP contribution in [0.5, 0.6) is 5.75 Å². The molecule has 0 amide bonds. The van der Waals surface area contributed by atoms with Gasteiger partial charge in [0.2, 0.25) is 0 Å². The molecular formula is C29H32F4N2O3S. The van der Waals surface area contributed by atoms with Gasteiger partial charge in [0, 0.05) is 28.8 Å². The summed E-state index contributed by atoms with van der Waals surface area (Å²) < 4.78 is 61.2. The Bertz CT molecular complexity index is 1310. The largest absolute Gasteiger partial charge is 0.497 e. The highest BCUT2D eigenvalue weighted by Crippen LogP contribution is 2.43. The van der Waals surface area contributed by atoms with Crippen molar-refractivity contribution in [1.82, 2.24) is 9.88 Å². The van der Waals surface area contributed by atoms with E-state index in [0.717, 1.165) is 17.7 Å². The minimum absolute atomic E-state index is 0.0274. The minimum Gasteiger partial charge on any atom is -0.497 e. The van der Waals surface area contributed by atoms with Crippen LogP contribution in [0.3, 0.4) is 0 Å². The van der Waals surface area contributed by atoms with Crippen molar-refractivity contribution in [2.75, 3.05) is 32.5 Å². The van der Waals surface area contributed by atoms with Crippen LogP contribution in [0.25, 0.3) is 10.9 Å². The van der Waals surface area contributed by atoms with Crippen molar-refractivity contribution in [2.45, 2.75) is 50.1 Å². The van der Waals surface area contributed by atoms with Crippen molar-refractivity contribution < 1.29 is 32.2 Å². The number of methoxy groups -OCH3 is 1. The number of benzene rings is 2. The average Bonchev–Trinajstić information content (AvgIpc) is 2.90. The first kappa shape index (κ1) is 29.1. The topological polar surface area (TPSA) is 62.7 Å². The first-order chi connectivity index (χ1) is 18.6. The van der Waals surface area contributed by atoms with E-state index in [-0.39, 0.29) is 12.8 Å². The van der Waals surface area contributed by atoms with Gasteiger partial charge in [-0.05, 0) is 92.6 Å². The number of likely N-dealkylation sites (tertiary alicyclic amines) is 1. The van der Waals surface area contributed by atoms with Crippen molar-refractivity contribution in [3.8, 4) is 5.75 Å². The van der Waals surface area contributed by atoms with Crippen LogP contribution in [-0.2, 0) is 4.79 Å². The number of rotatable bonds is 11. The van der Waals surface area contributed by atoms with Gasteiger partial charge in [0.05, 0.1) is 19.0 Å². The summed E-state index contributed by atoms with van der Waals surface area (Å²) in [6.45, 7) is 3.74. The van der Waals surface area contributed by atoms with Gasteiger partial charge in [-0.1, -0.05) is 0 Å². The molecule has 0 spiro atoms. The van der Waals surface area contributed by atoms with E-state index < -0.39 is 35.0 Å². The summed E-state index contributed by atoms with van der Waals surface area (Å²) in [4.78, 5) is 18.6. The van der Waals surface area contributed by atoms with Gasteiger partial charge in [0.15, 0.2) is 17.5 Å². The Hall–Kier alpha value is -2.85. The van der Waals surface area contributed by atoms with Gasteiger partial charge in [-0.3, -0.25) is 9.78 Å². The fourth-order valence-corrected chi connectivity index (χ4v) is 6.37. The Morgan fingerprint density at radius 1 is 1.18 bits per heavy atom. The highest BCUT2D eigenvalue weighted by Gasteiger charge is 2.37. The van der Waals surface area contributed by atoms with Crippen LogP contribution in [0.15, 0.2) is 41.4 Å². The Balaban J connectivity index is 1.38. The number of pyridine rings is 1. The zero-order chi connectivity index (χ0) is 28.2. The number of aryl methyl sites for hydroxylation is 1. The lowest BCUT2D eigenvalue weighted by molar-refractivity contribution is -0.141. The van der Waals surface area contributed by atoms with Crippen LogP contribution in [0.4, 0.5) is 17.6 Å². The monoisotopic (exact) mass is 564 g/mol. The third-order valence-electron chi connectivity index (χ3n) is 7.63. The van der Waals surface area contributed by atoms with E-state index in [4.69, 9.17) is 4.74 Å². The van der Waals surface area contributed by atoms with Gasteiger partial charge in [-0.25, -0.2) is 17.6 Å². The van der Waals surface area contributed by atoms with Crippen molar-refractivity contribution in [3.05, 3.63) is 65.1 Å². The van der Waals surface area contributed by atoms with Crippen LogP contribution in [0.1, 0.15) is 49.4 Å². The fraction of sp³-hybridized carbons (Fsp3) is 0.448. The molecule has 1 unspecified atom stereocenters. The summed E-state index contributed by atoms with van der Waals surface area (Å²) >= 11 is 1.23. The second kappa shape index (κ2) is 12.6. The number of carbonyl (C=O) groups is 1. The van der Waals surface area contributed by atoms with E-state index in [1.807, 2.05) is 6.92 Å². The zero-order valence-electron chi connectivity index (χ0n) is 22.0. The van der Waals surface area contributed by atoms with Crippen LogP contribution in [0, 0.1) is 29.8 Å². The van der Waals surface area contributed by atoms with E-state index in [1.54, 1.807) is 31.5 Å². The van der Waals surface area contributed by atoms with Gasteiger partial charge in [0.1, 0.15) is 11.9 Å². The third-order valence-corrected chi connectivity index (χ3v) is 8.59. The Morgan fingerprint density at radius 2 is 1.87 bits per heavy atom. The summed E-state index contributed by atoms with van der Waals surface area (Å²) in [5.74, 6) is -3.65. The molecule has 2 heterocycles. The molecule has 1 N–H and O–H groups in total. The maximum atomic E-state index is 15.8. The quantitative estimate of drug-likeness (QED) is 0.152. The van der Waals surface area contributed by atoms with Crippen molar-refractivity contribution in [2.24, 2.45) is 5.41 Å². The van der Waals surface area contributed by atoms with Gasteiger partial charge >= 0.3 is 5.97 Å². The molecule has 0 bridgehead atoms. The molecule has 0 radical (unpaired) electrons. The van der Waals surface area contributed by atoms with Crippen molar-refractivity contribution in [3.63, 3.8) is 0 Å². The number of carboxylic acid groups (broad SMARTS) is 1. The molecule has 1 aliphatic heterocycles. The molecule has 1 aliphatic rings. The van der Waals surface area contributed by atoms with Crippen LogP contribution in [0.2, 0.25) is 0 Å². The number of aromatic nitrogens is 1. The first-order valence-corrected chi connectivity index (χ1v) is 13.9. The van der Waals surface area contributed by atoms with E-state index in [9.17, 15) is 23.1 Å². The van der Waals surface area contributed by atoms with Gasteiger partial charge < -0.3 is 14.7 Å². The number of ether oxygens (including phenoxy) is 1. The van der Waals surface area contributed by atoms with Crippen molar-refractivity contribution in [1.29, 1.82) is 0 Å². The molecule has 4 rings (SSSR count). The molecule has 3 aromatic rings. The summed E-state index contributed by atoms with van der Waals surface area (Å²) in [6.07, 6.45) is 2.21. The Kier molecular flexibility index (Phi) is 9.38. The molecule has 210 valence electrons. The predicted molar refractivity (Wildman–Crippen MR) is 144 cm³/mol. The van der Waals surface area contributed by atoms with Crippen molar-refractivity contribution >= 4 is 28.6 Å². The molecule has 2 aromatic carbocycles. The van der Waals surface area contributed by atoms with Gasteiger partial charge in [-0.2, -0.15) is 0 Å². The number of hydrogen-bond acceptors (Lipinski definition) is 5. The predicted octanol–water partition coefficient (Wildman–Crippen LogP) is 7.11. The van der Waals surface area contributed by atoms with E-state index in [0.29, 0.717) is 71.8 Å². The number of piperidine rings is 1. The number of halogens is 4. The number of aliphatic carboxylic acids is 1. The lowest BCUT2D eigenvalue weighted by atomic mass is 9.71. The molecule has 1 atom stereocenters. The van der Waals surface area contributed by atoms with Crippen LogP contribution < -0.4 is 4.74 Å². The normalized spacial score (nSPS) is 16.4. The first-order valence-electron chi connectivity index (χ1n) is 12.9. The summed E-state index contributed by atoms with van der Waals surface area (Å²) in [6, 6.07) is 7.33. The number of thioether (sulfide) groups is 1. The fourth-order valence-electron chi connectivity index (χ4n) is 5.41.